The molecule has 0 saturated heterocycles. The number of methoxy groups -OCH3 is 1. The van der Waals surface area contributed by atoms with Crippen molar-refractivity contribution in [3.63, 3.8) is 0 Å². The first-order chi connectivity index (χ1) is 9.24. The highest BCUT2D eigenvalue weighted by Crippen LogP contribution is 2.20. The standard InChI is InChI=1S/C13H16N4O2/c1-19-12(8-14)13(18)16-10-4-2-3-9(7-10)11-5-6-15-17-11/h2-7,12H,8,14H2,1H3,(H,15,17)(H,16,18). The fourth-order valence-corrected chi connectivity index (χ4v) is 1.71. The van der Waals surface area contributed by atoms with E-state index in [0.717, 1.165) is 11.3 Å². The summed E-state index contributed by atoms with van der Waals surface area (Å²) in [4.78, 5) is 11.8. The number of nitrogens with one attached hydrogen (secondary N) is 2. The first-order valence-electron chi connectivity index (χ1n) is 5.88. The van der Waals surface area contributed by atoms with Gasteiger partial charge in [0.1, 0.15) is 6.10 Å². The Balaban J connectivity index is 2.14. The number of nitrogens with two attached hydrogens (primary N) is 1. The zero-order chi connectivity index (χ0) is 13.7. The van der Waals surface area contributed by atoms with E-state index in [1.165, 1.54) is 7.11 Å². The van der Waals surface area contributed by atoms with Crippen molar-refractivity contribution >= 4 is 11.6 Å². The number of hydrogen-bond donors (Lipinski definition) is 3. The molecule has 1 aromatic heterocycles. The molecule has 0 saturated carbocycles. The Morgan fingerprint density at radius 2 is 2.37 bits per heavy atom. The number of aromatic amines is 1. The van der Waals surface area contributed by atoms with Gasteiger partial charge in [0.15, 0.2) is 0 Å². The van der Waals surface area contributed by atoms with Gasteiger partial charge in [-0.2, -0.15) is 5.10 Å². The number of hydrogen-bond acceptors (Lipinski definition) is 4. The van der Waals surface area contributed by atoms with E-state index in [1.54, 1.807) is 12.3 Å². The maximum Gasteiger partial charge on any atom is 0.254 e. The predicted molar refractivity (Wildman–Crippen MR) is 72.5 cm³/mol. The van der Waals surface area contributed by atoms with E-state index in [0.29, 0.717) is 5.69 Å². The van der Waals surface area contributed by atoms with E-state index >= 15 is 0 Å². The van der Waals surface area contributed by atoms with E-state index in [-0.39, 0.29) is 12.5 Å². The number of ether oxygens (including phenoxy) is 1. The van der Waals surface area contributed by atoms with Gasteiger partial charge in [0, 0.05) is 31.1 Å². The summed E-state index contributed by atoms with van der Waals surface area (Å²) >= 11 is 0. The normalized spacial score (nSPS) is 12.1. The Morgan fingerprint density at radius 1 is 1.53 bits per heavy atom. The molecule has 0 fully saturated rings. The van der Waals surface area contributed by atoms with E-state index in [9.17, 15) is 4.79 Å². The lowest BCUT2D eigenvalue weighted by molar-refractivity contribution is -0.125. The second kappa shape index (κ2) is 6.12. The maximum atomic E-state index is 11.8. The van der Waals surface area contributed by atoms with E-state index < -0.39 is 6.10 Å². The van der Waals surface area contributed by atoms with Gasteiger partial charge in [-0.1, -0.05) is 12.1 Å². The van der Waals surface area contributed by atoms with Crippen molar-refractivity contribution in [2.24, 2.45) is 5.73 Å². The molecule has 0 bridgehead atoms. The Bertz CT molecular complexity index is 535. The van der Waals surface area contributed by atoms with Gasteiger partial charge in [-0.25, -0.2) is 0 Å². The summed E-state index contributed by atoms with van der Waals surface area (Å²) in [6, 6.07) is 9.31. The van der Waals surface area contributed by atoms with Crippen LogP contribution in [-0.2, 0) is 9.53 Å². The lowest BCUT2D eigenvalue weighted by Gasteiger charge is -2.13. The minimum Gasteiger partial charge on any atom is -0.370 e. The highest BCUT2D eigenvalue weighted by molar-refractivity contribution is 5.94. The first-order valence-corrected chi connectivity index (χ1v) is 5.88. The number of rotatable bonds is 5. The first kappa shape index (κ1) is 13.3. The van der Waals surface area contributed by atoms with Crippen LogP contribution in [0.25, 0.3) is 11.3 Å². The minimum absolute atomic E-state index is 0.141. The Morgan fingerprint density at radius 3 is 3.00 bits per heavy atom. The molecule has 2 rings (SSSR count). The minimum atomic E-state index is -0.643. The zero-order valence-corrected chi connectivity index (χ0v) is 10.6. The predicted octanol–water partition coefficient (Wildman–Crippen LogP) is 0.989. The van der Waals surface area contributed by atoms with E-state index in [4.69, 9.17) is 10.5 Å². The largest absolute Gasteiger partial charge is 0.370 e. The van der Waals surface area contributed by atoms with Crippen molar-refractivity contribution in [3.05, 3.63) is 36.5 Å². The van der Waals surface area contributed by atoms with Gasteiger partial charge in [-0.15, -0.1) is 0 Å². The smallest absolute Gasteiger partial charge is 0.254 e. The molecule has 0 aliphatic heterocycles. The highest BCUT2D eigenvalue weighted by atomic mass is 16.5. The summed E-state index contributed by atoms with van der Waals surface area (Å²) in [7, 11) is 1.46. The molecule has 1 aromatic carbocycles. The van der Waals surface area contributed by atoms with Gasteiger partial charge in [-0.3, -0.25) is 9.89 Å². The lowest BCUT2D eigenvalue weighted by Crippen LogP contribution is -2.35. The van der Waals surface area contributed by atoms with E-state index in [1.807, 2.05) is 24.3 Å². The Hall–Kier alpha value is -2.18. The summed E-state index contributed by atoms with van der Waals surface area (Å²) in [6.07, 6.45) is 1.03. The maximum absolute atomic E-state index is 11.8. The van der Waals surface area contributed by atoms with Crippen molar-refractivity contribution in [1.29, 1.82) is 0 Å². The van der Waals surface area contributed by atoms with Crippen LogP contribution in [0.2, 0.25) is 0 Å². The molecular weight excluding hydrogens is 244 g/mol. The summed E-state index contributed by atoms with van der Waals surface area (Å²) in [5.74, 6) is -0.258. The molecule has 0 aliphatic carbocycles. The van der Waals surface area contributed by atoms with Crippen molar-refractivity contribution < 1.29 is 9.53 Å². The highest BCUT2D eigenvalue weighted by Gasteiger charge is 2.15. The van der Waals surface area contributed by atoms with Gasteiger partial charge in [0.25, 0.3) is 5.91 Å². The molecule has 0 spiro atoms. The van der Waals surface area contributed by atoms with Gasteiger partial charge in [0.05, 0.1) is 5.69 Å². The summed E-state index contributed by atoms with van der Waals surface area (Å²) in [6.45, 7) is 0.141. The van der Waals surface area contributed by atoms with Crippen LogP contribution < -0.4 is 11.1 Å². The summed E-state index contributed by atoms with van der Waals surface area (Å²) < 4.78 is 4.98. The molecule has 0 aliphatic rings. The SMILES string of the molecule is COC(CN)C(=O)Nc1cccc(-c2ccn[nH]2)c1. The Kier molecular flexibility index (Phi) is 4.27. The second-order valence-electron chi connectivity index (χ2n) is 4.00. The molecule has 1 atom stereocenters. The molecule has 2 aromatic rings. The molecular formula is C13H16N4O2. The number of benzene rings is 1. The average Bonchev–Trinajstić information content (AvgIpc) is 2.94. The van der Waals surface area contributed by atoms with Crippen LogP contribution >= 0.6 is 0 Å². The second-order valence-corrected chi connectivity index (χ2v) is 4.00. The third kappa shape index (κ3) is 3.18. The molecule has 1 heterocycles. The van der Waals surface area contributed by atoms with E-state index in [2.05, 4.69) is 15.5 Å². The lowest BCUT2D eigenvalue weighted by atomic mass is 10.1. The Labute approximate surface area is 111 Å². The summed E-state index contributed by atoms with van der Waals surface area (Å²) in [5.41, 5.74) is 7.96. The van der Waals surface area contributed by atoms with Crippen LogP contribution in [0.3, 0.4) is 0 Å². The quantitative estimate of drug-likeness (QED) is 0.747. The van der Waals surface area contributed by atoms with Crippen molar-refractivity contribution in [1.82, 2.24) is 10.2 Å². The third-order valence-electron chi connectivity index (χ3n) is 2.73. The average molecular weight is 260 g/mol. The van der Waals surface area contributed by atoms with Crippen LogP contribution in [0, 0.1) is 0 Å². The fourth-order valence-electron chi connectivity index (χ4n) is 1.71. The molecule has 100 valence electrons. The van der Waals surface area contributed by atoms with Crippen LogP contribution in [0.1, 0.15) is 0 Å². The van der Waals surface area contributed by atoms with Crippen LogP contribution in [0.15, 0.2) is 36.5 Å². The fraction of sp³-hybridized carbons (Fsp3) is 0.231. The van der Waals surface area contributed by atoms with Crippen molar-refractivity contribution in [2.75, 3.05) is 19.0 Å². The molecule has 1 unspecified atom stereocenters. The molecule has 6 heteroatoms. The molecule has 4 N–H and O–H groups in total. The van der Waals surface area contributed by atoms with Gasteiger partial charge in [0.2, 0.25) is 0 Å². The monoisotopic (exact) mass is 260 g/mol. The number of carbonyl (C=O) groups excluding carboxylic acids is 1. The molecule has 1 amide bonds. The summed E-state index contributed by atoms with van der Waals surface area (Å²) in [5, 5.41) is 9.53. The number of H-pyrrole nitrogens is 1. The topological polar surface area (TPSA) is 93.0 Å². The van der Waals surface area contributed by atoms with Gasteiger partial charge < -0.3 is 15.8 Å². The third-order valence-corrected chi connectivity index (χ3v) is 2.73. The number of carbonyl (C=O) groups is 1. The van der Waals surface area contributed by atoms with Gasteiger partial charge >= 0.3 is 0 Å². The number of amides is 1. The molecule has 0 radical (unpaired) electrons. The molecule has 6 nitrogen and oxygen atoms in total. The number of anilines is 1. The van der Waals surface area contributed by atoms with Gasteiger partial charge in [-0.05, 0) is 18.2 Å². The van der Waals surface area contributed by atoms with Crippen LogP contribution in [-0.4, -0.2) is 35.9 Å². The van der Waals surface area contributed by atoms with Crippen LogP contribution in [0.4, 0.5) is 5.69 Å². The number of aromatic nitrogens is 2. The zero-order valence-electron chi connectivity index (χ0n) is 10.6. The van der Waals surface area contributed by atoms with Crippen molar-refractivity contribution in [3.8, 4) is 11.3 Å². The molecule has 19 heavy (non-hydrogen) atoms. The van der Waals surface area contributed by atoms with Crippen molar-refractivity contribution in [2.45, 2.75) is 6.10 Å². The van der Waals surface area contributed by atoms with Crippen LogP contribution in [0.5, 0.6) is 0 Å². The number of nitrogens with zero attached hydrogens (tertiary/aromatic N) is 1.